The van der Waals surface area contributed by atoms with Crippen molar-refractivity contribution >= 4 is 29.3 Å². The third-order valence-electron chi connectivity index (χ3n) is 1.98. The Hall–Kier alpha value is -1.69. The van der Waals surface area contributed by atoms with Gasteiger partial charge in [0.15, 0.2) is 0 Å². The lowest BCUT2D eigenvalue weighted by Gasteiger charge is -2.07. The maximum Gasteiger partial charge on any atom is 0.251 e. The maximum absolute atomic E-state index is 11.6. The molecule has 2 amide bonds. The molecule has 5 nitrogen and oxygen atoms in total. The van der Waals surface area contributed by atoms with E-state index in [1.54, 1.807) is 18.2 Å². The highest BCUT2D eigenvalue weighted by Gasteiger charge is 2.08. The van der Waals surface area contributed by atoms with Crippen LogP contribution >= 0.6 is 11.8 Å². The van der Waals surface area contributed by atoms with Crippen LogP contribution in [0.5, 0.6) is 0 Å². The van der Waals surface area contributed by atoms with Crippen molar-refractivity contribution in [1.29, 1.82) is 0 Å². The molecular weight excluding hydrogens is 238 g/mol. The van der Waals surface area contributed by atoms with Crippen molar-refractivity contribution in [3.05, 3.63) is 23.8 Å². The van der Waals surface area contributed by atoms with E-state index < -0.39 is 5.91 Å². The number of anilines is 1. The van der Waals surface area contributed by atoms with Gasteiger partial charge in [-0.2, -0.15) is 0 Å². The number of hydrogen-bond donors (Lipinski definition) is 3. The van der Waals surface area contributed by atoms with E-state index in [9.17, 15) is 9.59 Å². The zero-order valence-electron chi connectivity index (χ0n) is 9.53. The minimum absolute atomic E-state index is 0.142. The first-order chi connectivity index (χ1) is 8.04. The van der Waals surface area contributed by atoms with Crippen molar-refractivity contribution in [3.63, 3.8) is 0 Å². The molecule has 0 heterocycles. The number of amides is 2. The molecule has 0 aliphatic heterocycles. The summed E-state index contributed by atoms with van der Waals surface area (Å²) < 4.78 is 0. The third-order valence-corrected chi connectivity index (χ3v) is 3.08. The van der Waals surface area contributed by atoms with E-state index >= 15 is 0 Å². The zero-order valence-corrected chi connectivity index (χ0v) is 10.3. The Balaban J connectivity index is 2.86. The molecule has 6 heteroatoms. The predicted molar refractivity (Wildman–Crippen MR) is 68.8 cm³/mol. The Bertz CT molecular complexity index is 435. The molecule has 0 saturated heterocycles. The topological polar surface area (TPSA) is 98.2 Å². The summed E-state index contributed by atoms with van der Waals surface area (Å²) in [6.45, 7) is 2.41. The summed E-state index contributed by atoms with van der Waals surface area (Å²) in [6.07, 6.45) is 0. The van der Waals surface area contributed by atoms with Crippen LogP contribution in [0.15, 0.2) is 23.1 Å². The van der Waals surface area contributed by atoms with Crippen molar-refractivity contribution in [2.24, 2.45) is 5.73 Å². The molecule has 0 saturated carbocycles. The summed E-state index contributed by atoms with van der Waals surface area (Å²) in [5, 5.41) is 2.69. The minimum atomic E-state index is -0.419. The highest BCUT2D eigenvalue weighted by atomic mass is 32.2. The van der Waals surface area contributed by atoms with E-state index in [4.69, 9.17) is 11.5 Å². The van der Waals surface area contributed by atoms with Crippen molar-refractivity contribution < 1.29 is 9.59 Å². The second-order valence-corrected chi connectivity index (χ2v) is 4.38. The molecule has 1 aromatic carbocycles. The average molecular weight is 253 g/mol. The quantitative estimate of drug-likeness (QED) is 0.528. The Kier molecular flexibility index (Phi) is 4.84. The van der Waals surface area contributed by atoms with Gasteiger partial charge in [0, 0.05) is 22.7 Å². The van der Waals surface area contributed by atoms with Crippen LogP contribution in [-0.4, -0.2) is 24.1 Å². The zero-order chi connectivity index (χ0) is 12.8. The fourth-order valence-electron chi connectivity index (χ4n) is 1.21. The van der Waals surface area contributed by atoms with Gasteiger partial charge in [0.2, 0.25) is 5.91 Å². The van der Waals surface area contributed by atoms with Crippen molar-refractivity contribution in [2.75, 3.05) is 18.0 Å². The van der Waals surface area contributed by atoms with Gasteiger partial charge in [-0.25, -0.2) is 0 Å². The molecule has 1 rings (SSSR count). The van der Waals surface area contributed by atoms with Crippen LogP contribution < -0.4 is 16.8 Å². The number of carbonyl (C=O) groups excluding carboxylic acids is 2. The Labute approximate surface area is 104 Å². The largest absolute Gasteiger partial charge is 0.398 e. The van der Waals surface area contributed by atoms with Gasteiger partial charge in [0.1, 0.15) is 0 Å². The molecule has 0 aromatic heterocycles. The Morgan fingerprint density at radius 3 is 2.71 bits per heavy atom. The van der Waals surface area contributed by atoms with Crippen molar-refractivity contribution in [1.82, 2.24) is 5.32 Å². The highest BCUT2D eigenvalue weighted by molar-refractivity contribution is 8.00. The Morgan fingerprint density at radius 1 is 1.41 bits per heavy atom. The van der Waals surface area contributed by atoms with Gasteiger partial charge in [0.25, 0.3) is 5.91 Å². The normalized spacial score (nSPS) is 9.94. The van der Waals surface area contributed by atoms with Crippen molar-refractivity contribution in [2.45, 2.75) is 11.8 Å². The standard InChI is InChI=1S/C11H15N3O2S/c1-2-14-11(16)7-3-4-8(12)9(5-7)17-6-10(13)15/h3-5H,2,6,12H2,1H3,(H2,13,15)(H,14,16). The van der Waals surface area contributed by atoms with Crippen LogP contribution in [0.4, 0.5) is 5.69 Å². The molecule has 0 radical (unpaired) electrons. The molecule has 0 aliphatic rings. The van der Waals surface area contributed by atoms with Gasteiger partial charge >= 0.3 is 0 Å². The number of thioether (sulfide) groups is 1. The number of carbonyl (C=O) groups is 2. The van der Waals surface area contributed by atoms with E-state index in [0.717, 1.165) is 0 Å². The van der Waals surface area contributed by atoms with Crippen molar-refractivity contribution in [3.8, 4) is 0 Å². The fraction of sp³-hybridized carbons (Fsp3) is 0.273. The summed E-state index contributed by atoms with van der Waals surface area (Å²) in [7, 11) is 0. The number of nitrogens with one attached hydrogen (secondary N) is 1. The maximum atomic E-state index is 11.6. The molecule has 0 atom stereocenters. The molecule has 0 unspecified atom stereocenters. The number of rotatable bonds is 5. The van der Waals surface area contributed by atoms with Crippen LogP contribution in [0.2, 0.25) is 0 Å². The number of primary amides is 1. The summed E-state index contributed by atoms with van der Waals surface area (Å²) in [4.78, 5) is 23.0. The van der Waals surface area contributed by atoms with Crippen LogP contribution in [0.25, 0.3) is 0 Å². The predicted octanol–water partition coefficient (Wildman–Crippen LogP) is 0.596. The highest BCUT2D eigenvalue weighted by Crippen LogP contribution is 2.25. The molecule has 0 fully saturated rings. The van der Waals surface area contributed by atoms with Crippen LogP contribution in [0.1, 0.15) is 17.3 Å². The van der Waals surface area contributed by atoms with Gasteiger partial charge in [-0.1, -0.05) is 0 Å². The molecular formula is C11H15N3O2S. The summed E-state index contributed by atoms with van der Waals surface area (Å²) in [6, 6.07) is 4.95. The lowest BCUT2D eigenvalue weighted by atomic mass is 10.2. The molecule has 17 heavy (non-hydrogen) atoms. The lowest BCUT2D eigenvalue weighted by Crippen LogP contribution is -2.22. The summed E-state index contributed by atoms with van der Waals surface area (Å²) in [5.74, 6) is -0.436. The van der Waals surface area contributed by atoms with E-state index in [0.29, 0.717) is 22.7 Å². The number of nitrogen functional groups attached to an aromatic ring is 1. The number of hydrogen-bond acceptors (Lipinski definition) is 4. The van der Waals surface area contributed by atoms with Crippen LogP contribution in [-0.2, 0) is 4.79 Å². The van der Waals surface area contributed by atoms with E-state index in [-0.39, 0.29) is 11.7 Å². The molecule has 5 N–H and O–H groups in total. The van der Waals surface area contributed by atoms with Crippen LogP contribution in [0, 0.1) is 0 Å². The molecule has 0 spiro atoms. The summed E-state index contributed by atoms with van der Waals surface area (Å²) >= 11 is 1.23. The second kappa shape index (κ2) is 6.15. The second-order valence-electron chi connectivity index (χ2n) is 3.37. The molecule has 0 bridgehead atoms. The van der Waals surface area contributed by atoms with Gasteiger partial charge in [-0.15, -0.1) is 11.8 Å². The van der Waals surface area contributed by atoms with Gasteiger partial charge in [-0.05, 0) is 25.1 Å². The number of nitrogens with two attached hydrogens (primary N) is 2. The minimum Gasteiger partial charge on any atom is -0.398 e. The first-order valence-corrected chi connectivity index (χ1v) is 6.12. The monoisotopic (exact) mass is 253 g/mol. The molecule has 0 aliphatic carbocycles. The van der Waals surface area contributed by atoms with E-state index in [2.05, 4.69) is 5.32 Å². The molecule has 92 valence electrons. The van der Waals surface area contributed by atoms with E-state index in [1.165, 1.54) is 11.8 Å². The SMILES string of the molecule is CCNC(=O)c1ccc(N)c(SCC(N)=O)c1. The fourth-order valence-corrected chi connectivity index (χ4v) is 1.95. The van der Waals surface area contributed by atoms with Crippen LogP contribution in [0.3, 0.4) is 0 Å². The van der Waals surface area contributed by atoms with E-state index in [1.807, 2.05) is 6.92 Å². The average Bonchev–Trinajstić information content (AvgIpc) is 2.28. The van der Waals surface area contributed by atoms with Gasteiger partial charge < -0.3 is 16.8 Å². The lowest BCUT2D eigenvalue weighted by molar-refractivity contribution is -0.115. The smallest absolute Gasteiger partial charge is 0.251 e. The number of benzene rings is 1. The first-order valence-electron chi connectivity index (χ1n) is 5.13. The Morgan fingerprint density at radius 2 is 2.12 bits per heavy atom. The first kappa shape index (κ1) is 13.4. The van der Waals surface area contributed by atoms with Gasteiger partial charge in [0.05, 0.1) is 5.75 Å². The summed E-state index contributed by atoms with van der Waals surface area (Å²) in [5.41, 5.74) is 11.9. The molecule has 1 aromatic rings. The third kappa shape index (κ3) is 3.99. The van der Waals surface area contributed by atoms with Gasteiger partial charge in [-0.3, -0.25) is 9.59 Å².